The number of hydrogen-bond acceptors (Lipinski definition) is 15. The van der Waals surface area contributed by atoms with Crippen molar-refractivity contribution in [3.05, 3.63) is 24.3 Å². The Balaban J connectivity index is 5.30. The maximum atomic E-state index is 13.1. The molecule has 0 aromatic rings. The number of rotatable bonds is 73. The first-order valence-corrected chi connectivity index (χ1v) is 41.8. The first kappa shape index (κ1) is 92.5. The van der Waals surface area contributed by atoms with Gasteiger partial charge in [-0.1, -0.05) is 316 Å². The molecule has 0 saturated heterocycles. The first-order valence-electron chi connectivity index (χ1n) is 38.8. The number of aliphatic hydroxyl groups is 1. The Morgan fingerprint density at radius 3 is 0.947 bits per heavy atom. The molecule has 0 rings (SSSR count). The van der Waals surface area contributed by atoms with Gasteiger partial charge in [-0.3, -0.25) is 37.3 Å². The minimum Gasteiger partial charge on any atom is -0.462 e. The highest BCUT2D eigenvalue weighted by Crippen LogP contribution is 2.45. The van der Waals surface area contributed by atoms with Crippen LogP contribution in [0, 0.1) is 11.8 Å². The third-order valence-corrected chi connectivity index (χ3v) is 19.3. The van der Waals surface area contributed by atoms with Gasteiger partial charge in [0.05, 0.1) is 26.4 Å². The van der Waals surface area contributed by atoms with Crippen LogP contribution in [-0.4, -0.2) is 96.7 Å². The van der Waals surface area contributed by atoms with Gasteiger partial charge in [0.2, 0.25) is 0 Å². The van der Waals surface area contributed by atoms with E-state index in [1.807, 2.05) is 0 Å². The first-order chi connectivity index (χ1) is 45.9. The van der Waals surface area contributed by atoms with E-state index in [1.54, 1.807) is 0 Å². The number of aliphatic hydroxyl groups excluding tert-OH is 1. The van der Waals surface area contributed by atoms with Crippen LogP contribution in [-0.2, 0) is 65.4 Å². The van der Waals surface area contributed by atoms with Crippen molar-refractivity contribution in [1.82, 2.24) is 0 Å². The van der Waals surface area contributed by atoms with Crippen LogP contribution in [0.2, 0.25) is 0 Å². The van der Waals surface area contributed by atoms with Gasteiger partial charge in [0.15, 0.2) is 12.2 Å². The highest BCUT2D eigenvalue weighted by molar-refractivity contribution is 7.47. The molecule has 17 nitrogen and oxygen atoms in total. The second-order valence-electron chi connectivity index (χ2n) is 27.4. The molecule has 0 aromatic carbocycles. The molecule has 6 atom stereocenters. The smallest absolute Gasteiger partial charge is 0.462 e. The van der Waals surface area contributed by atoms with E-state index in [1.165, 1.54) is 167 Å². The molecule has 0 heterocycles. The predicted octanol–water partition coefficient (Wildman–Crippen LogP) is 21.9. The molecule has 0 fully saturated rings. The fourth-order valence-corrected chi connectivity index (χ4v) is 12.7. The summed E-state index contributed by atoms with van der Waals surface area (Å²) in [6.45, 7) is 9.54. The van der Waals surface area contributed by atoms with Crippen LogP contribution in [0.25, 0.3) is 0 Å². The van der Waals surface area contributed by atoms with Gasteiger partial charge in [-0.2, -0.15) is 0 Å². The minimum atomic E-state index is -4.96. The Bertz CT molecular complexity index is 1930. The van der Waals surface area contributed by atoms with E-state index in [0.29, 0.717) is 25.7 Å². The number of ether oxygens (including phenoxy) is 4. The maximum absolute atomic E-state index is 13.1. The van der Waals surface area contributed by atoms with E-state index in [-0.39, 0.29) is 25.7 Å². The molecule has 19 heteroatoms. The van der Waals surface area contributed by atoms with Crippen molar-refractivity contribution < 1.29 is 80.2 Å². The van der Waals surface area contributed by atoms with E-state index in [4.69, 9.17) is 37.0 Å². The Labute approximate surface area is 580 Å². The average Bonchev–Trinajstić information content (AvgIpc) is 1.64. The lowest BCUT2D eigenvalue weighted by atomic mass is 9.99. The van der Waals surface area contributed by atoms with Crippen LogP contribution < -0.4 is 0 Å². The molecular weight excluding hydrogens is 1250 g/mol. The molecule has 3 N–H and O–H groups in total. The fraction of sp³-hybridized carbons (Fsp3) is 0.895. The molecule has 0 bridgehead atoms. The van der Waals surface area contributed by atoms with Crippen LogP contribution in [0.4, 0.5) is 0 Å². The van der Waals surface area contributed by atoms with Gasteiger partial charge in [-0.15, -0.1) is 0 Å². The molecule has 0 radical (unpaired) electrons. The Morgan fingerprint density at radius 1 is 0.347 bits per heavy atom. The molecular formula is C76H144O17P2. The third kappa shape index (κ3) is 68.5. The lowest BCUT2D eigenvalue weighted by Crippen LogP contribution is -2.30. The van der Waals surface area contributed by atoms with E-state index in [0.717, 1.165) is 121 Å². The van der Waals surface area contributed by atoms with Crippen LogP contribution in [0.1, 0.15) is 369 Å². The molecule has 95 heavy (non-hydrogen) atoms. The van der Waals surface area contributed by atoms with Crippen molar-refractivity contribution >= 4 is 39.5 Å². The second-order valence-corrected chi connectivity index (χ2v) is 30.3. The van der Waals surface area contributed by atoms with Gasteiger partial charge >= 0.3 is 39.5 Å². The third-order valence-electron chi connectivity index (χ3n) is 17.4. The summed E-state index contributed by atoms with van der Waals surface area (Å²) in [5.74, 6) is -0.594. The summed E-state index contributed by atoms with van der Waals surface area (Å²) in [6, 6.07) is 0. The van der Waals surface area contributed by atoms with Gasteiger partial charge < -0.3 is 33.8 Å². The summed E-state index contributed by atoms with van der Waals surface area (Å²) < 4.78 is 68.5. The van der Waals surface area contributed by atoms with Crippen molar-refractivity contribution in [2.75, 3.05) is 39.6 Å². The number of carbonyl (C=O) groups is 4. The molecule has 0 aliphatic carbocycles. The van der Waals surface area contributed by atoms with Crippen molar-refractivity contribution in [3.8, 4) is 0 Å². The van der Waals surface area contributed by atoms with Gasteiger partial charge in [-0.25, -0.2) is 9.13 Å². The second kappa shape index (κ2) is 67.4. The number of unbranched alkanes of at least 4 members (excludes halogenated alkanes) is 39. The average molecular weight is 1390 g/mol. The number of hydrogen-bond donors (Lipinski definition) is 3. The zero-order valence-corrected chi connectivity index (χ0v) is 63.2. The van der Waals surface area contributed by atoms with Gasteiger partial charge in [-0.05, 0) is 63.2 Å². The monoisotopic (exact) mass is 1390 g/mol. The number of allylic oxidation sites excluding steroid dienone is 4. The molecule has 0 amide bonds. The van der Waals surface area contributed by atoms with E-state index in [9.17, 15) is 43.2 Å². The summed E-state index contributed by atoms with van der Waals surface area (Å²) >= 11 is 0. The predicted molar refractivity (Wildman–Crippen MR) is 386 cm³/mol. The Kier molecular flexibility index (Phi) is 65.6. The summed E-state index contributed by atoms with van der Waals surface area (Å²) in [4.78, 5) is 72.8. The Hall–Kier alpha value is -2.46. The quantitative estimate of drug-likeness (QED) is 0.0169. The van der Waals surface area contributed by atoms with E-state index >= 15 is 0 Å². The SMILES string of the molecule is CCCCCC/C=C\C=C/CCCCCCCC(=O)OC[C@H](COP(=O)(O)OC[C@@H](O)COP(=O)(O)OC[C@@H](COC(=O)CCCCCCCCCCCCCC)OC(=O)CCCCCCCCCCC(C)CC)OC(=O)CCCCCCCCCCCCCCCC(C)C. The molecule has 0 saturated carbocycles. The number of phosphoric ester groups is 2. The molecule has 0 spiro atoms. The van der Waals surface area contributed by atoms with Crippen molar-refractivity contribution in [2.24, 2.45) is 11.8 Å². The van der Waals surface area contributed by atoms with E-state index < -0.39 is 97.5 Å². The highest BCUT2D eigenvalue weighted by Gasteiger charge is 2.30. The molecule has 0 aromatic heterocycles. The number of phosphoric acid groups is 2. The van der Waals surface area contributed by atoms with Gasteiger partial charge in [0, 0.05) is 25.7 Å². The minimum absolute atomic E-state index is 0.100. The zero-order valence-electron chi connectivity index (χ0n) is 61.5. The van der Waals surface area contributed by atoms with Crippen LogP contribution >= 0.6 is 15.6 Å². The van der Waals surface area contributed by atoms with Crippen LogP contribution in [0.3, 0.4) is 0 Å². The van der Waals surface area contributed by atoms with Crippen molar-refractivity contribution in [3.63, 3.8) is 0 Å². The van der Waals surface area contributed by atoms with Crippen molar-refractivity contribution in [2.45, 2.75) is 387 Å². The van der Waals surface area contributed by atoms with Crippen molar-refractivity contribution in [1.29, 1.82) is 0 Å². The Morgan fingerprint density at radius 2 is 0.621 bits per heavy atom. The highest BCUT2D eigenvalue weighted by atomic mass is 31.2. The van der Waals surface area contributed by atoms with Gasteiger partial charge in [0.1, 0.15) is 19.3 Å². The molecule has 560 valence electrons. The lowest BCUT2D eigenvalue weighted by Gasteiger charge is -2.21. The largest absolute Gasteiger partial charge is 0.472 e. The standard InChI is InChI=1S/C76H144O17P2/c1-7-10-12-14-16-18-20-22-23-26-30-34-41-47-53-59-74(79)86-64-71(92-75(80)60-54-48-42-35-31-27-24-25-28-32-38-44-50-56-68(4)5)66-90-94(82,83)88-62-70(77)63-89-95(84,85)91-67-72(93-76(81)61-55-49-43-37-36-39-45-51-57-69(6)9-3)65-87-73(78)58-52-46-40-33-29-21-19-17-15-13-11-8-2/h18,20,22-23,68-72,77H,7-17,19,21,24-67H2,1-6H3,(H,82,83)(H,84,85)/b20-18-,23-22-/t69?,70-,71-,72-/m1/s1. The number of esters is 4. The molecule has 0 aliphatic heterocycles. The molecule has 0 aliphatic rings. The van der Waals surface area contributed by atoms with Crippen LogP contribution in [0.5, 0.6) is 0 Å². The lowest BCUT2D eigenvalue weighted by molar-refractivity contribution is -0.161. The summed E-state index contributed by atoms with van der Waals surface area (Å²) in [5, 5.41) is 10.6. The number of carbonyl (C=O) groups excluding carboxylic acids is 4. The van der Waals surface area contributed by atoms with Gasteiger partial charge in [0.25, 0.3) is 0 Å². The van der Waals surface area contributed by atoms with E-state index in [2.05, 4.69) is 65.8 Å². The fourth-order valence-electron chi connectivity index (χ4n) is 11.1. The normalized spacial score (nSPS) is 14.5. The topological polar surface area (TPSA) is 237 Å². The summed E-state index contributed by atoms with van der Waals surface area (Å²) in [7, 11) is -9.92. The summed E-state index contributed by atoms with van der Waals surface area (Å²) in [6.07, 6.45) is 57.5. The molecule has 3 unspecified atom stereocenters. The zero-order chi connectivity index (χ0) is 70.0. The maximum Gasteiger partial charge on any atom is 0.472 e. The summed E-state index contributed by atoms with van der Waals surface area (Å²) in [5.41, 5.74) is 0. The van der Waals surface area contributed by atoms with Crippen LogP contribution in [0.15, 0.2) is 24.3 Å².